The summed E-state index contributed by atoms with van der Waals surface area (Å²) >= 11 is 0. The van der Waals surface area contributed by atoms with E-state index in [9.17, 15) is 4.79 Å². The summed E-state index contributed by atoms with van der Waals surface area (Å²) in [6.45, 7) is 10.6. The van der Waals surface area contributed by atoms with Crippen LogP contribution in [-0.2, 0) is 4.79 Å². The van der Waals surface area contributed by atoms with E-state index >= 15 is 0 Å². The molecule has 0 spiro atoms. The predicted octanol–water partition coefficient (Wildman–Crippen LogP) is 1.55. The Labute approximate surface area is 92.5 Å². The van der Waals surface area contributed by atoms with E-state index in [4.69, 9.17) is 0 Å². The Balaban J connectivity index is 2.27. The zero-order chi connectivity index (χ0) is 11.3. The summed E-state index contributed by atoms with van der Waals surface area (Å²) in [5.74, 6) is 0.284. The first kappa shape index (κ1) is 12.2. The van der Waals surface area contributed by atoms with Crippen molar-refractivity contribution in [2.45, 2.75) is 39.2 Å². The molecule has 0 saturated carbocycles. The van der Waals surface area contributed by atoms with Crippen LogP contribution in [0.3, 0.4) is 0 Å². The molecule has 1 N–H and O–H groups in total. The van der Waals surface area contributed by atoms with E-state index in [0.717, 1.165) is 38.0 Å². The van der Waals surface area contributed by atoms with Gasteiger partial charge in [-0.25, -0.2) is 0 Å². The van der Waals surface area contributed by atoms with Crippen molar-refractivity contribution in [1.29, 1.82) is 0 Å². The Hall–Kier alpha value is -0.830. The van der Waals surface area contributed by atoms with Gasteiger partial charge >= 0.3 is 0 Å². The Morgan fingerprint density at radius 2 is 2.27 bits per heavy atom. The summed E-state index contributed by atoms with van der Waals surface area (Å²) in [4.78, 5) is 13.5. The SMILES string of the molecule is C=C(CNC(C)C)CN1CCCCC1=O. The van der Waals surface area contributed by atoms with Crippen LogP contribution in [0, 0.1) is 0 Å². The van der Waals surface area contributed by atoms with Gasteiger partial charge in [-0.05, 0) is 18.4 Å². The summed E-state index contributed by atoms with van der Waals surface area (Å²) in [6, 6.07) is 0.471. The largest absolute Gasteiger partial charge is 0.339 e. The number of hydrogen-bond donors (Lipinski definition) is 1. The molecule has 0 aromatic heterocycles. The molecule has 0 radical (unpaired) electrons. The Morgan fingerprint density at radius 1 is 1.53 bits per heavy atom. The quantitative estimate of drug-likeness (QED) is 0.698. The van der Waals surface area contributed by atoms with Gasteiger partial charge in [-0.2, -0.15) is 0 Å². The monoisotopic (exact) mass is 210 g/mol. The predicted molar refractivity (Wildman–Crippen MR) is 62.7 cm³/mol. The van der Waals surface area contributed by atoms with Gasteiger partial charge < -0.3 is 10.2 Å². The lowest BCUT2D eigenvalue weighted by Crippen LogP contribution is -2.38. The lowest BCUT2D eigenvalue weighted by molar-refractivity contribution is -0.132. The van der Waals surface area contributed by atoms with Crippen LogP contribution < -0.4 is 5.32 Å². The number of piperidine rings is 1. The zero-order valence-corrected chi connectivity index (χ0v) is 9.88. The molecule has 86 valence electrons. The number of carbonyl (C=O) groups is 1. The second-order valence-corrected chi connectivity index (χ2v) is 4.56. The maximum absolute atomic E-state index is 11.5. The van der Waals surface area contributed by atoms with E-state index in [2.05, 4.69) is 25.7 Å². The molecule has 1 amide bonds. The number of rotatable bonds is 5. The number of carbonyl (C=O) groups excluding carboxylic acids is 1. The third-order valence-corrected chi connectivity index (χ3v) is 2.60. The standard InChI is InChI=1S/C12H22N2O/c1-10(2)13-8-11(3)9-14-7-5-4-6-12(14)15/h10,13H,3-9H2,1-2H3. The third kappa shape index (κ3) is 4.47. The van der Waals surface area contributed by atoms with Crippen LogP contribution in [-0.4, -0.2) is 36.5 Å². The highest BCUT2D eigenvalue weighted by Gasteiger charge is 2.17. The average Bonchev–Trinajstić information content (AvgIpc) is 2.18. The highest BCUT2D eigenvalue weighted by Crippen LogP contribution is 2.11. The summed E-state index contributed by atoms with van der Waals surface area (Å²) in [5, 5.41) is 3.31. The summed E-state index contributed by atoms with van der Waals surface area (Å²) in [7, 11) is 0. The van der Waals surface area contributed by atoms with Crippen LogP contribution >= 0.6 is 0 Å². The minimum atomic E-state index is 0.284. The number of amides is 1. The van der Waals surface area contributed by atoms with Crippen molar-refractivity contribution < 1.29 is 4.79 Å². The normalized spacial score (nSPS) is 17.3. The molecule has 1 aliphatic heterocycles. The molecule has 0 aromatic carbocycles. The van der Waals surface area contributed by atoms with Gasteiger partial charge in [0.25, 0.3) is 0 Å². The number of hydrogen-bond acceptors (Lipinski definition) is 2. The van der Waals surface area contributed by atoms with Crippen LogP contribution in [0.25, 0.3) is 0 Å². The molecule has 1 aliphatic rings. The van der Waals surface area contributed by atoms with Gasteiger partial charge in [-0.1, -0.05) is 20.4 Å². The maximum Gasteiger partial charge on any atom is 0.222 e. The molecule has 15 heavy (non-hydrogen) atoms. The molecule has 1 rings (SSSR count). The Bertz CT molecular complexity index is 236. The van der Waals surface area contributed by atoms with E-state index < -0.39 is 0 Å². The molecule has 0 aliphatic carbocycles. The van der Waals surface area contributed by atoms with E-state index in [-0.39, 0.29) is 5.91 Å². The molecule has 1 fully saturated rings. The molecule has 0 unspecified atom stereocenters. The molecule has 0 atom stereocenters. The Morgan fingerprint density at radius 3 is 2.87 bits per heavy atom. The van der Waals surface area contributed by atoms with Gasteiger partial charge in [0.2, 0.25) is 5.91 Å². The molecule has 0 aromatic rings. The maximum atomic E-state index is 11.5. The van der Waals surface area contributed by atoms with E-state index in [1.165, 1.54) is 0 Å². The smallest absolute Gasteiger partial charge is 0.222 e. The minimum absolute atomic E-state index is 0.284. The fraction of sp³-hybridized carbons (Fsp3) is 0.750. The minimum Gasteiger partial charge on any atom is -0.339 e. The molecule has 3 heteroatoms. The van der Waals surface area contributed by atoms with Gasteiger partial charge in [-0.15, -0.1) is 0 Å². The first-order chi connectivity index (χ1) is 7.09. The topological polar surface area (TPSA) is 32.3 Å². The second-order valence-electron chi connectivity index (χ2n) is 4.56. The van der Waals surface area contributed by atoms with Crippen LogP contribution in [0.5, 0.6) is 0 Å². The van der Waals surface area contributed by atoms with Crippen LogP contribution in [0.15, 0.2) is 12.2 Å². The van der Waals surface area contributed by atoms with Gasteiger partial charge in [0.1, 0.15) is 0 Å². The van der Waals surface area contributed by atoms with Crippen molar-refractivity contribution in [3.05, 3.63) is 12.2 Å². The van der Waals surface area contributed by atoms with Crippen molar-refractivity contribution in [1.82, 2.24) is 10.2 Å². The molecule has 3 nitrogen and oxygen atoms in total. The third-order valence-electron chi connectivity index (χ3n) is 2.60. The van der Waals surface area contributed by atoms with Crippen molar-refractivity contribution in [3.8, 4) is 0 Å². The molecular weight excluding hydrogens is 188 g/mol. The first-order valence-corrected chi connectivity index (χ1v) is 5.77. The van der Waals surface area contributed by atoms with Crippen LogP contribution in [0.4, 0.5) is 0 Å². The number of likely N-dealkylation sites (tertiary alicyclic amines) is 1. The van der Waals surface area contributed by atoms with Crippen LogP contribution in [0.2, 0.25) is 0 Å². The fourth-order valence-electron chi connectivity index (χ4n) is 1.70. The van der Waals surface area contributed by atoms with E-state index in [1.807, 2.05) is 4.90 Å². The van der Waals surface area contributed by atoms with Crippen molar-refractivity contribution >= 4 is 5.91 Å². The van der Waals surface area contributed by atoms with Gasteiger partial charge in [0.05, 0.1) is 0 Å². The summed E-state index contributed by atoms with van der Waals surface area (Å²) in [6.07, 6.45) is 2.90. The number of nitrogens with zero attached hydrogens (tertiary/aromatic N) is 1. The molecule has 1 heterocycles. The van der Waals surface area contributed by atoms with Crippen molar-refractivity contribution in [2.75, 3.05) is 19.6 Å². The van der Waals surface area contributed by atoms with Crippen LogP contribution in [0.1, 0.15) is 33.1 Å². The summed E-state index contributed by atoms with van der Waals surface area (Å²) in [5.41, 5.74) is 1.10. The Kier molecular flexibility index (Phi) is 4.82. The first-order valence-electron chi connectivity index (χ1n) is 5.77. The highest BCUT2D eigenvalue weighted by atomic mass is 16.2. The zero-order valence-electron chi connectivity index (χ0n) is 9.88. The number of nitrogens with one attached hydrogen (secondary N) is 1. The van der Waals surface area contributed by atoms with E-state index in [1.54, 1.807) is 0 Å². The molecular formula is C12H22N2O. The lowest BCUT2D eigenvalue weighted by atomic mass is 10.1. The van der Waals surface area contributed by atoms with Gasteiger partial charge in [0.15, 0.2) is 0 Å². The lowest BCUT2D eigenvalue weighted by Gasteiger charge is -2.27. The highest BCUT2D eigenvalue weighted by molar-refractivity contribution is 5.77. The van der Waals surface area contributed by atoms with E-state index in [0.29, 0.717) is 12.5 Å². The second kappa shape index (κ2) is 5.91. The van der Waals surface area contributed by atoms with Crippen molar-refractivity contribution in [3.63, 3.8) is 0 Å². The summed E-state index contributed by atoms with van der Waals surface area (Å²) < 4.78 is 0. The van der Waals surface area contributed by atoms with Gasteiger partial charge in [-0.3, -0.25) is 4.79 Å². The average molecular weight is 210 g/mol. The van der Waals surface area contributed by atoms with Crippen molar-refractivity contribution in [2.24, 2.45) is 0 Å². The molecule has 0 bridgehead atoms. The van der Waals surface area contributed by atoms with Gasteiger partial charge in [0, 0.05) is 32.1 Å². The fourth-order valence-corrected chi connectivity index (χ4v) is 1.70. The molecule has 1 saturated heterocycles.